The standard InChI is InChI=1S/C13H16O5/c1-13(2,3)18-12(17)9-6-4-8(5-7-9)10(14)11(15)16/h4-7,10,14H,1-3H3,(H,15,16)/t10-/m1/s1. The van der Waals surface area contributed by atoms with E-state index in [1.807, 2.05) is 0 Å². The normalized spacial score (nSPS) is 12.9. The molecule has 0 saturated heterocycles. The number of carbonyl (C=O) groups is 2. The summed E-state index contributed by atoms with van der Waals surface area (Å²) in [5.74, 6) is -1.82. The summed E-state index contributed by atoms with van der Waals surface area (Å²) in [7, 11) is 0. The summed E-state index contributed by atoms with van der Waals surface area (Å²) < 4.78 is 5.15. The van der Waals surface area contributed by atoms with Crippen LogP contribution < -0.4 is 0 Å². The second-order valence-electron chi connectivity index (χ2n) is 4.86. The smallest absolute Gasteiger partial charge is 0.338 e. The van der Waals surface area contributed by atoms with Crippen molar-refractivity contribution in [2.75, 3.05) is 0 Å². The first-order chi connectivity index (χ1) is 8.20. The Hall–Kier alpha value is -1.88. The molecule has 0 aromatic heterocycles. The Morgan fingerprint density at radius 1 is 1.17 bits per heavy atom. The lowest BCUT2D eigenvalue weighted by Gasteiger charge is -2.19. The van der Waals surface area contributed by atoms with Crippen molar-refractivity contribution in [3.63, 3.8) is 0 Å². The SMILES string of the molecule is CC(C)(C)OC(=O)c1ccc([C@@H](O)C(=O)O)cc1. The summed E-state index contributed by atoms with van der Waals surface area (Å²) in [6, 6.07) is 5.63. The fourth-order valence-electron chi connectivity index (χ4n) is 1.28. The second-order valence-corrected chi connectivity index (χ2v) is 4.86. The van der Waals surface area contributed by atoms with Gasteiger partial charge in [-0.25, -0.2) is 9.59 Å². The Labute approximate surface area is 105 Å². The minimum absolute atomic E-state index is 0.217. The van der Waals surface area contributed by atoms with Crippen LogP contribution in [0.3, 0.4) is 0 Å². The van der Waals surface area contributed by atoms with Crippen LogP contribution in [0.1, 0.15) is 42.8 Å². The number of aliphatic carboxylic acids is 1. The van der Waals surface area contributed by atoms with Gasteiger partial charge in [-0.15, -0.1) is 0 Å². The molecular formula is C13H16O5. The maximum Gasteiger partial charge on any atom is 0.338 e. The lowest BCUT2D eigenvalue weighted by atomic mass is 10.1. The Morgan fingerprint density at radius 2 is 1.67 bits per heavy atom. The summed E-state index contributed by atoms with van der Waals surface area (Å²) in [5, 5.41) is 17.9. The van der Waals surface area contributed by atoms with Crippen LogP contribution in [0.5, 0.6) is 0 Å². The highest BCUT2D eigenvalue weighted by Gasteiger charge is 2.19. The van der Waals surface area contributed by atoms with Gasteiger partial charge in [-0.1, -0.05) is 12.1 Å². The van der Waals surface area contributed by atoms with E-state index in [-0.39, 0.29) is 5.56 Å². The molecule has 98 valence electrons. The van der Waals surface area contributed by atoms with Crippen LogP contribution in [-0.4, -0.2) is 27.8 Å². The van der Waals surface area contributed by atoms with E-state index in [1.54, 1.807) is 20.8 Å². The summed E-state index contributed by atoms with van der Waals surface area (Å²) in [6.07, 6.45) is -1.59. The first kappa shape index (κ1) is 14.2. The molecule has 5 heteroatoms. The van der Waals surface area contributed by atoms with Crippen LogP contribution >= 0.6 is 0 Å². The summed E-state index contributed by atoms with van der Waals surface area (Å²) in [5.41, 5.74) is -0.0582. The van der Waals surface area contributed by atoms with Gasteiger partial charge >= 0.3 is 11.9 Å². The molecule has 0 aliphatic heterocycles. The van der Waals surface area contributed by atoms with Crippen LogP contribution in [0, 0.1) is 0 Å². The maximum absolute atomic E-state index is 11.7. The number of hydrogen-bond donors (Lipinski definition) is 2. The number of aliphatic hydroxyl groups is 1. The van der Waals surface area contributed by atoms with Gasteiger partial charge in [-0.3, -0.25) is 0 Å². The van der Waals surface area contributed by atoms with E-state index in [9.17, 15) is 14.7 Å². The molecule has 0 saturated carbocycles. The molecular weight excluding hydrogens is 236 g/mol. The van der Waals surface area contributed by atoms with E-state index in [4.69, 9.17) is 9.84 Å². The highest BCUT2D eigenvalue weighted by molar-refractivity contribution is 5.89. The van der Waals surface area contributed by atoms with Crippen molar-refractivity contribution in [3.05, 3.63) is 35.4 Å². The van der Waals surface area contributed by atoms with Gasteiger partial charge in [-0.05, 0) is 38.5 Å². The molecule has 0 radical (unpaired) electrons. The molecule has 0 spiro atoms. The third kappa shape index (κ3) is 3.85. The van der Waals surface area contributed by atoms with Crippen molar-refractivity contribution in [1.82, 2.24) is 0 Å². The third-order valence-corrected chi connectivity index (χ3v) is 2.09. The number of rotatable bonds is 3. The Bertz CT molecular complexity index is 441. The van der Waals surface area contributed by atoms with Gasteiger partial charge in [0, 0.05) is 0 Å². The van der Waals surface area contributed by atoms with E-state index in [2.05, 4.69) is 0 Å². The fraction of sp³-hybridized carbons (Fsp3) is 0.385. The van der Waals surface area contributed by atoms with Gasteiger partial charge in [0.05, 0.1) is 5.56 Å². The third-order valence-electron chi connectivity index (χ3n) is 2.09. The lowest BCUT2D eigenvalue weighted by molar-refractivity contribution is -0.146. The summed E-state index contributed by atoms with van der Waals surface area (Å²) in [4.78, 5) is 22.2. The average Bonchev–Trinajstić information content (AvgIpc) is 2.26. The highest BCUT2D eigenvalue weighted by Crippen LogP contribution is 2.16. The molecule has 0 fully saturated rings. The molecule has 1 atom stereocenters. The zero-order chi connectivity index (χ0) is 13.9. The Kier molecular flexibility index (Phi) is 4.08. The predicted molar refractivity (Wildman–Crippen MR) is 64.2 cm³/mol. The second kappa shape index (κ2) is 5.18. The van der Waals surface area contributed by atoms with Crippen molar-refractivity contribution < 1.29 is 24.5 Å². The van der Waals surface area contributed by atoms with Crippen molar-refractivity contribution >= 4 is 11.9 Å². The average molecular weight is 252 g/mol. The van der Waals surface area contributed by atoms with E-state index in [1.165, 1.54) is 24.3 Å². The maximum atomic E-state index is 11.7. The molecule has 18 heavy (non-hydrogen) atoms. The summed E-state index contributed by atoms with van der Waals surface area (Å²) >= 11 is 0. The number of aliphatic hydroxyl groups excluding tert-OH is 1. The van der Waals surface area contributed by atoms with Crippen molar-refractivity contribution in [1.29, 1.82) is 0 Å². The first-order valence-corrected chi connectivity index (χ1v) is 5.45. The molecule has 0 aliphatic rings. The summed E-state index contributed by atoms with van der Waals surface area (Å²) in [6.45, 7) is 5.27. The van der Waals surface area contributed by atoms with Gasteiger partial charge in [0.15, 0.2) is 6.10 Å². The van der Waals surface area contributed by atoms with E-state index in [0.717, 1.165) is 0 Å². The van der Waals surface area contributed by atoms with Crippen LogP contribution in [-0.2, 0) is 9.53 Å². The highest BCUT2D eigenvalue weighted by atomic mass is 16.6. The topological polar surface area (TPSA) is 83.8 Å². The van der Waals surface area contributed by atoms with Gasteiger partial charge in [0.1, 0.15) is 5.60 Å². The molecule has 1 rings (SSSR count). The van der Waals surface area contributed by atoms with Gasteiger partial charge in [-0.2, -0.15) is 0 Å². The Balaban J connectivity index is 2.83. The molecule has 0 heterocycles. The lowest BCUT2D eigenvalue weighted by Crippen LogP contribution is -2.23. The number of esters is 1. The zero-order valence-corrected chi connectivity index (χ0v) is 10.5. The van der Waals surface area contributed by atoms with Crippen molar-refractivity contribution in [2.45, 2.75) is 32.5 Å². The largest absolute Gasteiger partial charge is 0.479 e. The minimum Gasteiger partial charge on any atom is -0.479 e. The van der Waals surface area contributed by atoms with Crippen LogP contribution in [0.15, 0.2) is 24.3 Å². The van der Waals surface area contributed by atoms with Gasteiger partial charge < -0.3 is 14.9 Å². The molecule has 5 nitrogen and oxygen atoms in total. The molecule has 0 aliphatic carbocycles. The van der Waals surface area contributed by atoms with Crippen LogP contribution in [0.25, 0.3) is 0 Å². The Morgan fingerprint density at radius 3 is 2.06 bits per heavy atom. The van der Waals surface area contributed by atoms with Crippen LogP contribution in [0.2, 0.25) is 0 Å². The number of hydrogen-bond acceptors (Lipinski definition) is 4. The molecule has 0 amide bonds. The number of carboxylic acids is 1. The number of carboxylic acid groups (broad SMARTS) is 1. The van der Waals surface area contributed by atoms with E-state index >= 15 is 0 Å². The number of carbonyl (C=O) groups excluding carboxylic acids is 1. The predicted octanol–water partition coefficient (Wildman–Crippen LogP) is 1.76. The van der Waals surface area contributed by atoms with Crippen molar-refractivity contribution in [3.8, 4) is 0 Å². The minimum atomic E-state index is -1.59. The molecule has 0 bridgehead atoms. The first-order valence-electron chi connectivity index (χ1n) is 5.45. The molecule has 1 aromatic carbocycles. The molecule has 1 aromatic rings. The number of ether oxygens (including phenoxy) is 1. The zero-order valence-electron chi connectivity index (χ0n) is 10.5. The molecule has 0 unspecified atom stereocenters. The quantitative estimate of drug-likeness (QED) is 0.801. The van der Waals surface area contributed by atoms with Gasteiger partial charge in [0.2, 0.25) is 0 Å². The monoisotopic (exact) mass is 252 g/mol. The molecule has 2 N–H and O–H groups in total. The van der Waals surface area contributed by atoms with Gasteiger partial charge in [0.25, 0.3) is 0 Å². The fourth-order valence-corrected chi connectivity index (χ4v) is 1.28. The van der Waals surface area contributed by atoms with E-state index in [0.29, 0.717) is 5.56 Å². The number of benzene rings is 1. The van der Waals surface area contributed by atoms with Crippen molar-refractivity contribution in [2.24, 2.45) is 0 Å². The van der Waals surface area contributed by atoms with E-state index < -0.39 is 23.6 Å². The van der Waals surface area contributed by atoms with Crippen LogP contribution in [0.4, 0.5) is 0 Å².